The number of nitrogens with one attached hydrogen (secondary N) is 2. The highest BCUT2D eigenvalue weighted by atomic mass is 16.7. The lowest BCUT2D eigenvalue weighted by Crippen LogP contribution is -2.35. The smallest absolute Gasteiger partial charge is 0.174 e. The van der Waals surface area contributed by atoms with E-state index in [9.17, 15) is 0 Å². The van der Waals surface area contributed by atoms with Gasteiger partial charge in [-0.3, -0.25) is 5.48 Å². The molecule has 1 atom stereocenters. The summed E-state index contributed by atoms with van der Waals surface area (Å²) in [7, 11) is 0. The van der Waals surface area contributed by atoms with Crippen LogP contribution in [0.4, 0.5) is 0 Å². The molecule has 4 nitrogen and oxygen atoms in total. The van der Waals surface area contributed by atoms with E-state index in [0.717, 1.165) is 18.9 Å². The van der Waals surface area contributed by atoms with Gasteiger partial charge < -0.3 is 5.32 Å². The molecule has 0 aliphatic carbocycles. The van der Waals surface area contributed by atoms with Gasteiger partial charge in [-0.25, -0.2) is 9.83 Å². The number of hydrogen-bond acceptors (Lipinski definition) is 4. The minimum Gasteiger partial charge on any atom is -0.317 e. The molecule has 2 aliphatic heterocycles. The van der Waals surface area contributed by atoms with Gasteiger partial charge >= 0.3 is 0 Å². The highest BCUT2D eigenvalue weighted by Crippen LogP contribution is 2.16. The normalized spacial score (nSPS) is 31.4. The van der Waals surface area contributed by atoms with Crippen LogP contribution in [0.15, 0.2) is 4.99 Å². The summed E-state index contributed by atoms with van der Waals surface area (Å²) in [5.74, 6) is 1.63. The van der Waals surface area contributed by atoms with Crippen LogP contribution in [-0.2, 0) is 4.84 Å². The Labute approximate surface area is 72.3 Å². The fourth-order valence-corrected chi connectivity index (χ4v) is 1.68. The zero-order chi connectivity index (χ0) is 8.39. The van der Waals surface area contributed by atoms with E-state index < -0.39 is 0 Å². The zero-order valence-electron chi connectivity index (χ0n) is 7.34. The van der Waals surface area contributed by atoms with Crippen LogP contribution in [0.1, 0.15) is 19.8 Å². The van der Waals surface area contributed by atoms with Gasteiger partial charge in [0.1, 0.15) is 5.84 Å². The second-order valence-electron chi connectivity index (χ2n) is 3.36. The number of piperidine rings is 1. The first-order valence-corrected chi connectivity index (χ1v) is 4.56. The average molecular weight is 169 g/mol. The quantitative estimate of drug-likeness (QED) is 0.592. The maximum Gasteiger partial charge on any atom is 0.174 e. The van der Waals surface area contributed by atoms with E-state index >= 15 is 0 Å². The number of rotatable bonds is 1. The Balaban J connectivity index is 1.94. The standard InChI is InChI=1S/C8H15N3O/c1-6-10-8(11-12-6)7-2-4-9-5-3-7/h6-7,9H,2-5H2,1H3,(H,10,11). The Morgan fingerprint density at radius 1 is 1.42 bits per heavy atom. The molecule has 2 aliphatic rings. The highest BCUT2D eigenvalue weighted by Gasteiger charge is 2.23. The van der Waals surface area contributed by atoms with Crippen LogP contribution < -0.4 is 10.8 Å². The summed E-state index contributed by atoms with van der Waals surface area (Å²) < 4.78 is 0. The number of hydrogen-bond donors (Lipinski definition) is 2. The van der Waals surface area contributed by atoms with Crippen LogP contribution in [0.25, 0.3) is 0 Å². The van der Waals surface area contributed by atoms with Crippen molar-refractivity contribution in [2.75, 3.05) is 13.1 Å². The van der Waals surface area contributed by atoms with E-state index in [1.165, 1.54) is 12.8 Å². The summed E-state index contributed by atoms with van der Waals surface area (Å²) >= 11 is 0. The van der Waals surface area contributed by atoms with Crippen LogP contribution >= 0.6 is 0 Å². The SMILES string of the molecule is CC1N=C(C2CCNCC2)NO1. The van der Waals surface area contributed by atoms with E-state index in [-0.39, 0.29) is 6.23 Å². The molecule has 0 aromatic carbocycles. The number of hydroxylamine groups is 1. The molecule has 2 heterocycles. The molecular weight excluding hydrogens is 154 g/mol. The Bertz CT molecular complexity index is 187. The molecule has 2 rings (SSSR count). The van der Waals surface area contributed by atoms with Gasteiger partial charge in [-0.05, 0) is 32.9 Å². The average Bonchev–Trinajstić information content (AvgIpc) is 2.54. The van der Waals surface area contributed by atoms with Gasteiger partial charge in [-0.15, -0.1) is 0 Å². The van der Waals surface area contributed by atoms with Gasteiger partial charge in [0.15, 0.2) is 6.23 Å². The predicted molar refractivity (Wildman–Crippen MR) is 46.7 cm³/mol. The van der Waals surface area contributed by atoms with Gasteiger partial charge in [-0.2, -0.15) is 0 Å². The van der Waals surface area contributed by atoms with Gasteiger partial charge in [0.25, 0.3) is 0 Å². The molecular formula is C8H15N3O. The number of nitrogens with zero attached hydrogens (tertiary/aromatic N) is 1. The van der Waals surface area contributed by atoms with Crippen LogP contribution in [0.2, 0.25) is 0 Å². The van der Waals surface area contributed by atoms with Crippen molar-refractivity contribution >= 4 is 5.84 Å². The molecule has 0 aromatic rings. The molecule has 0 bridgehead atoms. The summed E-state index contributed by atoms with van der Waals surface area (Å²) in [5.41, 5.74) is 2.90. The largest absolute Gasteiger partial charge is 0.317 e. The van der Waals surface area contributed by atoms with Gasteiger partial charge in [0.05, 0.1) is 0 Å². The molecule has 2 N–H and O–H groups in total. The molecule has 0 amide bonds. The third-order valence-electron chi connectivity index (χ3n) is 2.38. The fourth-order valence-electron chi connectivity index (χ4n) is 1.68. The topological polar surface area (TPSA) is 45.7 Å². The summed E-state index contributed by atoms with van der Waals surface area (Å²) in [4.78, 5) is 9.51. The predicted octanol–water partition coefficient (Wildman–Crippen LogP) is 0.265. The van der Waals surface area contributed by atoms with Crippen molar-refractivity contribution in [3.8, 4) is 0 Å². The molecule has 12 heavy (non-hydrogen) atoms. The first-order chi connectivity index (χ1) is 5.86. The van der Waals surface area contributed by atoms with Crippen LogP contribution in [0.3, 0.4) is 0 Å². The lowest BCUT2D eigenvalue weighted by Gasteiger charge is -2.21. The van der Waals surface area contributed by atoms with Crippen molar-refractivity contribution in [2.24, 2.45) is 10.9 Å². The molecule has 0 radical (unpaired) electrons. The third-order valence-corrected chi connectivity index (χ3v) is 2.38. The van der Waals surface area contributed by atoms with Crippen molar-refractivity contribution < 1.29 is 4.84 Å². The summed E-state index contributed by atoms with van der Waals surface area (Å²) in [6.45, 7) is 4.14. The molecule has 1 fully saturated rings. The minimum absolute atomic E-state index is 0.00474. The molecule has 0 saturated carbocycles. The highest BCUT2D eigenvalue weighted by molar-refractivity contribution is 5.84. The number of aliphatic imine (C=N–C) groups is 1. The van der Waals surface area contributed by atoms with Crippen molar-refractivity contribution in [1.82, 2.24) is 10.8 Å². The summed E-state index contributed by atoms with van der Waals surface area (Å²) in [6, 6.07) is 0. The first kappa shape index (κ1) is 8.01. The second kappa shape index (κ2) is 3.41. The van der Waals surface area contributed by atoms with E-state index in [4.69, 9.17) is 4.84 Å². The molecule has 1 saturated heterocycles. The van der Waals surface area contributed by atoms with Crippen molar-refractivity contribution in [2.45, 2.75) is 26.0 Å². The Hall–Kier alpha value is -0.610. The van der Waals surface area contributed by atoms with Crippen LogP contribution in [0.5, 0.6) is 0 Å². The zero-order valence-corrected chi connectivity index (χ0v) is 7.34. The molecule has 68 valence electrons. The van der Waals surface area contributed by atoms with Gasteiger partial charge in [0.2, 0.25) is 0 Å². The van der Waals surface area contributed by atoms with Crippen LogP contribution in [0, 0.1) is 5.92 Å². The lowest BCUT2D eigenvalue weighted by atomic mass is 9.97. The van der Waals surface area contributed by atoms with Crippen molar-refractivity contribution in [3.63, 3.8) is 0 Å². The van der Waals surface area contributed by atoms with E-state index in [1.54, 1.807) is 0 Å². The fraction of sp³-hybridized carbons (Fsp3) is 0.875. The third kappa shape index (κ3) is 1.59. The van der Waals surface area contributed by atoms with Gasteiger partial charge in [0, 0.05) is 5.92 Å². The van der Waals surface area contributed by atoms with Gasteiger partial charge in [-0.1, -0.05) is 0 Å². The summed E-state index contributed by atoms with van der Waals surface area (Å²) in [5, 5.41) is 3.33. The van der Waals surface area contributed by atoms with Crippen molar-refractivity contribution in [1.29, 1.82) is 0 Å². The molecule has 1 unspecified atom stereocenters. The van der Waals surface area contributed by atoms with E-state index in [0.29, 0.717) is 5.92 Å². The molecule has 0 aromatic heterocycles. The van der Waals surface area contributed by atoms with E-state index in [1.807, 2.05) is 6.92 Å². The van der Waals surface area contributed by atoms with Crippen molar-refractivity contribution in [3.05, 3.63) is 0 Å². The lowest BCUT2D eigenvalue weighted by molar-refractivity contribution is 0.0485. The first-order valence-electron chi connectivity index (χ1n) is 4.56. The second-order valence-corrected chi connectivity index (χ2v) is 3.36. The maximum atomic E-state index is 5.14. The number of amidine groups is 1. The summed E-state index contributed by atoms with van der Waals surface area (Å²) in [6.07, 6.45) is 2.33. The Morgan fingerprint density at radius 2 is 2.17 bits per heavy atom. The monoisotopic (exact) mass is 169 g/mol. The Morgan fingerprint density at radius 3 is 2.75 bits per heavy atom. The van der Waals surface area contributed by atoms with E-state index in [2.05, 4.69) is 15.8 Å². The van der Waals surface area contributed by atoms with Crippen LogP contribution in [-0.4, -0.2) is 25.2 Å². The molecule has 4 heteroatoms. The molecule has 0 spiro atoms. The minimum atomic E-state index is -0.00474. The Kier molecular flexibility index (Phi) is 2.28. The maximum absolute atomic E-state index is 5.14.